The average molecular weight is 340 g/mol. The van der Waals surface area contributed by atoms with Gasteiger partial charge < -0.3 is 10.6 Å². The average Bonchev–Trinajstić information content (AvgIpc) is 2.68. The van der Waals surface area contributed by atoms with Crippen molar-refractivity contribution in [3.8, 4) is 0 Å². The van der Waals surface area contributed by atoms with Crippen molar-refractivity contribution in [3.63, 3.8) is 0 Å². The maximum absolute atomic E-state index is 12.2. The van der Waals surface area contributed by atoms with E-state index in [2.05, 4.69) is 41.0 Å². The summed E-state index contributed by atoms with van der Waals surface area (Å²) in [5.41, 5.74) is 1.86. The van der Waals surface area contributed by atoms with Gasteiger partial charge in [-0.3, -0.25) is 4.79 Å². The first-order valence-electron chi connectivity index (χ1n) is 8.79. The van der Waals surface area contributed by atoms with Crippen LogP contribution in [0.25, 0.3) is 21.5 Å². The van der Waals surface area contributed by atoms with Crippen molar-refractivity contribution < 1.29 is 4.79 Å². The Labute approximate surface area is 152 Å². The Balaban J connectivity index is 1.34. The third-order valence-corrected chi connectivity index (χ3v) is 4.46. The van der Waals surface area contributed by atoms with E-state index < -0.39 is 0 Å². The summed E-state index contributed by atoms with van der Waals surface area (Å²) in [6.45, 7) is 0.595. The lowest BCUT2D eigenvalue weighted by molar-refractivity contribution is -0.115. The summed E-state index contributed by atoms with van der Waals surface area (Å²) in [6, 6.07) is 28.6. The van der Waals surface area contributed by atoms with Crippen LogP contribution < -0.4 is 10.6 Å². The molecule has 0 saturated carbocycles. The summed E-state index contributed by atoms with van der Waals surface area (Å²) in [7, 11) is 0. The minimum Gasteiger partial charge on any atom is -0.385 e. The zero-order valence-electron chi connectivity index (χ0n) is 14.4. The van der Waals surface area contributed by atoms with Gasteiger partial charge in [0.05, 0.1) is 0 Å². The van der Waals surface area contributed by atoms with Crippen molar-refractivity contribution in [2.45, 2.75) is 6.42 Å². The van der Waals surface area contributed by atoms with Gasteiger partial charge in [-0.15, -0.1) is 0 Å². The number of fused-ring (bicyclic) bond motifs is 2. The van der Waals surface area contributed by atoms with E-state index >= 15 is 0 Å². The van der Waals surface area contributed by atoms with Gasteiger partial charge in [-0.05, 0) is 45.8 Å². The molecule has 0 spiro atoms. The minimum atomic E-state index is 0.00794. The maximum atomic E-state index is 12.2. The van der Waals surface area contributed by atoms with E-state index in [4.69, 9.17) is 0 Å². The first-order valence-corrected chi connectivity index (χ1v) is 8.79. The van der Waals surface area contributed by atoms with Crippen molar-refractivity contribution in [2.24, 2.45) is 0 Å². The molecule has 2 N–H and O–H groups in total. The van der Waals surface area contributed by atoms with Gasteiger partial charge in [-0.25, -0.2) is 0 Å². The molecule has 26 heavy (non-hydrogen) atoms. The molecule has 4 aromatic carbocycles. The number of carbonyl (C=O) groups excluding carboxylic acids is 1. The summed E-state index contributed by atoms with van der Waals surface area (Å²) < 4.78 is 0. The maximum Gasteiger partial charge on any atom is 0.226 e. The van der Waals surface area contributed by atoms with Crippen LogP contribution in [0.2, 0.25) is 0 Å². The lowest BCUT2D eigenvalue weighted by Crippen LogP contribution is -2.16. The highest BCUT2D eigenvalue weighted by molar-refractivity contribution is 5.94. The first-order chi connectivity index (χ1) is 12.8. The standard InChI is InChI=1S/C23H20N2O/c26-23(25-22-12-10-18-6-2-4-8-20(18)16-22)13-14-24-21-11-9-17-5-1-3-7-19(17)15-21/h1-12,15-16,24H,13-14H2,(H,25,26). The molecule has 0 aromatic heterocycles. The van der Waals surface area contributed by atoms with Crippen LogP contribution in [-0.2, 0) is 4.79 Å². The van der Waals surface area contributed by atoms with Crippen molar-refractivity contribution >= 4 is 38.8 Å². The number of amides is 1. The number of benzene rings is 4. The normalized spacial score (nSPS) is 10.8. The zero-order valence-corrected chi connectivity index (χ0v) is 14.4. The van der Waals surface area contributed by atoms with E-state index in [1.807, 2.05) is 54.6 Å². The topological polar surface area (TPSA) is 41.1 Å². The molecule has 0 bridgehead atoms. The Morgan fingerprint density at radius 3 is 1.85 bits per heavy atom. The highest BCUT2D eigenvalue weighted by Gasteiger charge is 2.03. The second kappa shape index (κ2) is 7.28. The van der Waals surface area contributed by atoms with Crippen LogP contribution in [0, 0.1) is 0 Å². The van der Waals surface area contributed by atoms with E-state index in [0.29, 0.717) is 13.0 Å². The molecule has 0 radical (unpaired) electrons. The van der Waals surface area contributed by atoms with E-state index in [1.165, 1.54) is 16.2 Å². The van der Waals surface area contributed by atoms with Gasteiger partial charge in [0, 0.05) is 24.3 Å². The zero-order chi connectivity index (χ0) is 17.8. The molecule has 0 fully saturated rings. The highest BCUT2D eigenvalue weighted by Crippen LogP contribution is 2.20. The van der Waals surface area contributed by atoms with E-state index in [9.17, 15) is 4.79 Å². The summed E-state index contributed by atoms with van der Waals surface area (Å²) in [5, 5.41) is 11.0. The molecule has 0 unspecified atom stereocenters. The molecule has 3 heteroatoms. The molecular formula is C23H20N2O. The molecule has 0 atom stereocenters. The fourth-order valence-electron chi connectivity index (χ4n) is 3.11. The summed E-state index contributed by atoms with van der Waals surface area (Å²) >= 11 is 0. The molecule has 0 heterocycles. The van der Waals surface area contributed by atoms with Gasteiger partial charge in [0.1, 0.15) is 0 Å². The predicted molar refractivity (Wildman–Crippen MR) is 110 cm³/mol. The van der Waals surface area contributed by atoms with Crippen molar-refractivity contribution in [1.82, 2.24) is 0 Å². The van der Waals surface area contributed by atoms with E-state index in [-0.39, 0.29) is 5.91 Å². The lowest BCUT2D eigenvalue weighted by Gasteiger charge is -2.09. The van der Waals surface area contributed by atoms with Crippen LogP contribution >= 0.6 is 0 Å². The molecule has 0 saturated heterocycles. The van der Waals surface area contributed by atoms with Crippen molar-refractivity contribution in [3.05, 3.63) is 84.9 Å². The molecule has 4 rings (SSSR count). The van der Waals surface area contributed by atoms with Gasteiger partial charge in [0.25, 0.3) is 0 Å². The first kappa shape index (κ1) is 16.2. The van der Waals surface area contributed by atoms with E-state index in [0.717, 1.165) is 16.8 Å². The number of carbonyl (C=O) groups is 1. The van der Waals surface area contributed by atoms with Crippen LogP contribution in [-0.4, -0.2) is 12.5 Å². The Morgan fingerprint density at radius 2 is 1.19 bits per heavy atom. The lowest BCUT2D eigenvalue weighted by atomic mass is 10.1. The summed E-state index contributed by atoms with van der Waals surface area (Å²) in [5.74, 6) is 0.00794. The molecule has 128 valence electrons. The van der Waals surface area contributed by atoms with Gasteiger partial charge in [0.15, 0.2) is 0 Å². The van der Waals surface area contributed by atoms with Crippen LogP contribution in [0.3, 0.4) is 0 Å². The van der Waals surface area contributed by atoms with Gasteiger partial charge >= 0.3 is 0 Å². The Hall–Kier alpha value is -3.33. The second-order valence-corrected chi connectivity index (χ2v) is 6.35. The quantitative estimate of drug-likeness (QED) is 0.508. The largest absolute Gasteiger partial charge is 0.385 e. The van der Waals surface area contributed by atoms with Crippen molar-refractivity contribution in [2.75, 3.05) is 17.2 Å². The molecule has 4 aromatic rings. The van der Waals surface area contributed by atoms with Crippen LogP contribution in [0.1, 0.15) is 6.42 Å². The highest BCUT2D eigenvalue weighted by atomic mass is 16.1. The molecule has 1 amide bonds. The number of rotatable bonds is 5. The van der Waals surface area contributed by atoms with Gasteiger partial charge in [-0.1, -0.05) is 60.7 Å². The second-order valence-electron chi connectivity index (χ2n) is 6.35. The third kappa shape index (κ3) is 3.67. The summed E-state index contributed by atoms with van der Waals surface area (Å²) in [6.07, 6.45) is 0.416. The van der Waals surface area contributed by atoms with E-state index in [1.54, 1.807) is 0 Å². The SMILES string of the molecule is O=C(CCNc1ccc2ccccc2c1)Nc1ccc2ccccc2c1. The molecule has 3 nitrogen and oxygen atoms in total. The monoisotopic (exact) mass is 340 g/mol. The van der Waals surface area contributed by atoms with Gasteiger partial charge in [-0.2, -0.15) is 0 Å². The third-order valence-electron chi connectivity index (χ3n) is 4.46. The smallest absolute Gasteiger partial charge is 0.226 e. The van der Waals surface area contributed by atoms with Gasteiger partial charge in [0.2, 0.25) is 5.91 Å². The fourth-order valence-corrected chi connectivity index (χ4v) is 3.11. The number of nitrogens with one attached hydrogen (secondary N) is 2. The molecular weight excluding hydrogens is 320 g/mol. The predicted octanol–water partition coefficient (Wildman–Crippen LogP) is 5.43. The van der Waals surface area contributed by atoms with Crippen molar-refractivity contribution in [1.29, 1.82) is 0 Å². The summed E-state index contributed by atoms with van der Waals surface area (Å²) in [4.78, 5) is 12.2. The minimum absolute atomic E-state index is 0.00794. The Bertz CT molecular complexity index is 1070. The number of hydrogen-bond donors (Lipinski definition) is 2. The number of hydrogen-bond acceptors (Lipinski definition) is 2. The Kier molecular flexibility index (Phi) is 4.52. The fraction of sp³-hybridized carbons (Fsp3) is 0.0870. The van der Waals surface area contributed by atoms with Crippen LogP contribution in [0.4, 0.5) is 11.4 Å². The molecule has 0 aliphatic carbocycles. The molecule has 0 aliphatic heterocycles. The van der Waals surface area contributed by atoms with Crippen LogP contribution in [0.15, 0.2) is 84.9 Å². The molecule has 0 aliphatic rings. The number of anilines is 2. The van der Waals surface area contributed by atoms with Crippen LogP contribution in [0.5, 0.6) is 0 Å². The Morgan fingerprint density at radius 1 is 0.654 bits per heavy atom.